The van der Waals surface area contributed by atoms with Crippen LogP contribution in [0.1, 0.15) is 6.92 Å². The van der Waals surface area contributed by atoms with E-state index in [-0.39, 0.29) is 6.04 Å². The van der Waals surface area contributed by atoms with Gasteiger partial charge in [-0.3, -0.25) is 0 Å². The number of hydrogen-bond donors (Lipinski definition) is 1. The summed E-state index contributed by atoms with van der Waals surface area (Å²) in [5.74, 6) is 0. The molecule has 1 aliphatic rings. The van der Waals surface area contributed by atoms with Crippen LogP contribution in [0.2, 0.25) is 0 Å². The van der Waals surface area contributed by atoms with Crippen molar-refractivity contribution in [2.75, 3.05) is 0 Å². The summed E-state index contributed by atoms with van der Waals surface area (Å²) in [7, 11) is 0. The van der Waals surface area contributed by atoms with Crippen molar-refractivity contribution in [2.45, 2.75) is 13.0 Å². The van der Waals surface area contributed by atoms with Crippen LogP contribution in [0, 0.1) is 0 Å². The molecule has 1 rings (SSSR count). The van der Waals surface area contributed by atoms with Crippen LogP contribution in [0.25, 0.3) is 0 Å². The molecule has 0 aromatic rings. The van der Waals surface area contributed by atoms with Gasteiger partial charge < -0.3 is 5.32 Å². The zero-order chi connectivity index (χ0) is 6.85. The van der Waals surface area contributed by atoms with E-state index in [9.17, 15) is 0 Å². The first kappa shape index (κ1) is 6.97. The largest absolute Gasteiger partial charge is 0.370 e. The highest BCUT2D eigenvalue weighted by Crippen LogP contribution is 2.14. The van der Waals surface area contributed by atoms with Crippen LogP contribution in [0.4, 0.5) is 0 Å². The summed E-state index contributed by atoms with van der Waals surface area (Å²) in [6.07, 6.45) is 3.58. The number of dihydropyridines is 1. The molecule has 0 saturated carbocycles. The summed E-state index contributed by atoms with van der Waals surface area (Å²) in [5, 5.41) is 4.28. The maximum absolute atomic E-state index is 5.67. The van der Waals surface area contributed by atoms with Gasteiger partial charge in [0.05, 0.1) is 0 Å². The predicted molar refractivity (Wildman–Crippen MR) is 40.5 cm³/mol. The zero-order valence-corrected chi connectivity index (χ0v) is 6.50. The fourth-order valence-corrected chi connectivity index (χ4v) is 1.35. The molecule has 0 amide bonds. The third-order valence-corrected chi connectivity index (χ3v) is 1.49. The first-order chi connectivity index (χ1) is 4.18. The second-order valence-electron chi connectivity index (χ2n) is 1.98. The third kappa shape index (κ3) is 1.92. The van der Waals surface area contributed by atoms with Crippen molar-refractivity contribution in [1.82, 2.24) is 5.32 Å². The van der Waals surface area contributed by atoms with E-state index in [2.05, 4.69) is 5.32 Å². The molecule has 0 aliphatic carbocycles. The maximum Gasteiger partial charge on any atom is 0.104 e. The lowest BCUT2D eigenvalue weighted by Gasteiger charge is -2.14. The summed E-state index contributed by atoms with van der Waals surface area (Å²) in [5.41, 5.74) is 0. The first-order valence-electron chi connectivity index (χ1n) is 2.69. The van der Waals surface area contributed by atoms with Gasteiger partial charge in [-0.1, -0.05) is 23.2 Å². The van der Waals surface area contributed by atoms with Gasteiger partial charge in [-0.05, 0) is 19.1 Å². The predicted octanol–water partition coefficient (Wildman–Crippen LogP) is 2.18. The number of allylic oxidation sites excluding steroid dienone is 2. The van der Waals surface area contributed by atoms with E-state index in [1.165, 1.54) is 0 Å². The van der Waals surface area contributed by atoms with Crippen molar-refractivity contribution in [2.24, 2.45) is 0 Å². The Morgan fingerprint density at radius 2 is 2.22 bits per heavy atom. The molecule has 0 aromatic carbocycles. The molecule has 9 heavy (non-hydrogen) atoms. The highest BCUT2D eigenvalue weighted by atomic mass is 35.5. The van der Waals surface area contributed by atoms with Crippen LogP contribution in [-0.2, 0) is 0 Å². The van der Waals surface area contributed by atoms with Crippen LogP contribution in [-0.4, -0.2) is 6.04 Å². The fraction of sp³-hybridized carbons (Fsp3) is 0.333. The van der Waals surface area contributed by atoms with Crippen LogP contribution < -0.4 is 5.32 Å². The second-order valence-corrected chi connectivity index (χ2v) is 2.82. The molecule has 0 fully saturated rings. The molecule has 1 heterocycles. The first-order valence-corrected chi connectivity index (χ1v) is 3.45. The zero-order valence-electron chi connectivity index (χ0n) is 4.99. The smallest absolute Gasteiger partial charge is 0.104 e. The SMILES string of the molecule is CC1C=C(Cl)C=C(Cl)N1. The monoisotopic (exact) mass is 163 g/mol. The summed E-state index contributed by atoms with van der Waals surface area (Å²) in [4.78, 5) is 0. The lowest BCUT2D eigenvalue weighted by molar-refractivity contribution is 0.746. The lowest BCUT2D eigenvalue weighted by Crippen LogP contribution is -2.23. The molecule has 1 N–H and O–H groups in total. The van der Waals surface area contributed by atoms with Crippen molar-refractivity contribution >= 4 is 23.2 Å². The van der Waals surface area contributed by atoms with Gasteiger partial charge in [0.15, 0.2) is 0 Å². The minimum absolute atomic E-state index is 0.245. The van der Waals surface area contributed by atoms with Gasteiger partial charge in [0.25, 0.3) is 0 Å². The molecule has 1 aliphatic heterocycles. The second kappa shape index (κ2) is 2.63. The Kier molecular flexibility index (Phi) is 2.04. The van der Waals surface area contributed by atoms with Crippen molar-refractivity contribution in [3.63, 3.8) is 0 Å². The Morgan fingerprint density at radius 1 is 1.56 bits per heavy atom. The highest BCUT2D eigenvalue weighted by Gasteiger charge is 2.05. The Labute approximate surface area is 64.3 Å². The number of hydrogen-bond acceptors (Lipinski definition) is 1. The van der Waals surface area contributed by atoms with Crippen molar-refractivity contribution in [3.8, 4) is 0 Å². The van der Waals surface area contributed by atoms with Crippen LogP contribution in [0.15, 0.2) is 22.3 Å². The summed E-state index contributed by atoms with van der Waals surface area (Å²) >= 11 is 11.3. The maximum atomic E-state index is 5.67. The molecule has 0 radical (unpaired) electrons. The third-order valence-electron chi connectivity index (χ3n) is 1.04. The van der Waals surface area contributed by atoms with Crippen molar-refractivity contribution in [1.29, 1.82) is 0 Å². The van der Waals surface area contributed by atoms with E-state index in [0.29, 0.717) is 10.2 Å². The molecule has 0 saturated heterocycles. The topological polar surface area (TPSA) is 12.0 Å². The Balaban J connectivity index is 2.74. The average Bonchev–Trinajstić information content (AvgIpc) is 1.59. The number of halogens is 2. The van der Waals surface area contributed by atoms with Gasteiger partial charge in [-0.25, -0.2) is 0 Å². The molecule has 0 bridgehead atoms. The van der Waals surface area contributed by atoms with E-state index in [0.717, 1.165) is 0 Å². The molecule has 0 aromatic heterocycles. The molecular weight excluding hydrogens is 157 g/mol. The lowest BCUT2D eigenvalue weighted by atomic mass is 10.2. The number of rotatable bonds is 0. The van der Waals surface area contributed by atoms with Gasteiger partial charge in [0.2, 0.25) is 0 Å². The van der Waals surface area contributed by atoms with Crippen molar-refractivity contribution < 1.29 is 0 Å². The van der Waals surface area contributed by atoms with E-state index < -0.39 is 0 Å². The minimum Gasteiger partial charge on any atom is -0.370 e. The number of nitrogens with one attached hydrogen (secondary N) is 1. The fourth-order valence-electron chi connectivity index (χ4n) is 0.709. The van der Waals surface area contributed by atoms with E-state index in [1.54, 1.807) is 6.08 Å². The Hall–Kier alpha value is -0.140. The van der Waals surface area contributed by atoms with Gasteiger partial charge in [0.1, 0.15) is 5.16 Å². The van der Waals surface area contributed by atoms with E-state index >= 15 is 0 Å². The highest BCUT2D eigenvalue weighted by molar-refractivity contribution is 6.34. The van der Waals surface area contributed by atoms with Crippen LogP contribution in [0.3, 0.4) is 0 Å². The molecule has 0 spiro atoms. The van der Waals surface area contributed by atoms with Gasteiger partial charge in [-0.15, -0.1) is 0 Å². The Bertz CT molecular complexity index is 172. The quantitative estimate of drug-likeness (QED) is 0.541. The van der Waals surface area contributed by atoms with E-state index in [4.69, 9.17) is 23.2 Å². The summed E-state index contributed by atoms with van der Waals surface area (Å²) < 4.78 is 0. The van der Waals surface area contributed by atoms with Crippen molar-refractivity contribution in [3.05, 3.63) is 22.3 Å². The molecule has 1 nitrogen and oxygen atoms in total. The standard InChI is InChI=1S/C6H7Cl2N/c1-4-2-5(7)3-6(8)9-4/h2-4,9H,1H3. The van der Waals surface area contributed by atoms with Gasteiger partial charge in [0, 0.05) is 11.1 Å². The molecule has 3 heteroatoms. The molecular formula is C6H7Cl2N. The summed E-state index contributed by atoms with van der Waals surface area (Å²) in [6, 6.07) is 0.245. The Morgan fingerprint density at radius 3 is 2.67 bits per heavy atom. The normalized spacial score (nSPS) is 26.3. The summed E-state index contributed by atoms with van der Waals surface area (Å²) in [6.45, 7) is 1.98. The van der Waals surface area contributed by atoms with Gasteiger partial charge >= 0.3 is 0 Å². The molecule has 50 valence electrons. The minimum atomic E-state index is 0.245. The van der Waals surface area contributed by atoms with Gasteiger partial charge in [-0.2, -0.15) is 0 Å². The molecule has 1 atom stereocenters. The molecule has 1 unspecified atom stereocenters. The van der Waals surface area contributed by atoms with Crippen LogP contribution >= 0.6 is 23.2 Å². The van der Waals surface area contributed by atoms with E-state index in [1.807, 2.05) is 13.0 Å². The average molecular weight is 164 g/mol. The van der Waals surface area contributed by atoms with Crippen LogP contribution in [0.5, 0.6) is 0 Å².